The minimum atomic E-state index is -0.566. The van der Waals surface area contributed by atoms with Gasteiger partial charge in [0.05, 0.1) is 53.3 Å². The van der Waals surface area contributed by atoms with Gasteiger partial charge in [-0.1, -0.05) is 54.6 Å². The second kappa shape index (κ2) is 16.0. The van der Waals surface area contributed by atoms with Crippen molar-refractivity contribution in [3.63, 3.8) is 0 Å². The minimum absolute atomic E-state index is 0.105. The highest BCUT2D eigenvalue weighted by atomic mass is 16.6. The molecule has 1 saturated heterocycles. The van der Waals surface area contributed by atoms with Gasteiger partial charge >= 0.3 is 6.09 Å². The number of piperidine rings is 1. The van der Waals surface area contributed by atoms with Crippen LogP contribution in [0.1, 0.15) is 56.2 Å². The smallest absolute Gasteiger partial charge is 0.410 e. The van der Waals surface area contributed by atoms with Crippen molar-refractivity contribution < 1.29 is 33.2 Å². The molecule has 0 aromatic heterocycles. The van der Waals surface area contributed by atoms with Crippen molar-refractivity contribution in [3.8, 4) is 17.2 Å². The van der Waals surface area contributed by atoms with E-state index < -0.39 is 5.60 Å². The van der Waals surface area contributed by atoms with E-state index in [0.29, 0.717) is 39.5 Å². The number of hydrogen-bond donors (Lipinski definition) is 0. The summed E-state index contributed by atoms with van der Waals surface area (Å²) in [5.74, 6) is 2.57. The SMILES string of the molecule is COc1ccccc1COCCCOc1ccc(C2CCN(C(=O)OC(C)(C)C)CC2OCc2cc(OC)c3ccccc3c2)cc1. The van der Waals surface area contributed by atoms with E-state index in [1.165, 1.54) is 0 Å². The summed E-state index contributed by atoms with van der Waals surface area (Å²) in [6.07, 6.45) is 0.998. The molecule has 0 N–H and O–H groups in total. The molecule has 1 aliphatic heterocycles. The lowest BCUT2D eigenvalue weighted by Gasteiger charge is -2.39. The molecule has 2 atom stereocenters. The highest BCUT2D eigenvalue weighted by molar-refractivity contribution is 5.89. The molecule has 8 heteroatoms. The van der Waals surface area contributed by atoms with Gasteiger partial charge in [0.25, 0.3) is 0 Å². The number of ether oxygens (including phenoxy) is 6. The summed E-state index contributed by atoms with van der Waals surface area (Å²) in [5, 5.41) is 2.16. The van der Waals surface area contributed by atoms with Crippen LogP contribution < -0.4 is 14.2 Å². The van der Waals surface area contributed by atoms with E-state index in [-0.39, 0.29) is 18.1 Å². The van der Waals surface area contributed by atoms with Crippen molar-refractivity contribution in [2.45, 2.75) is 64.4 Å². The Morgan fingerprint density at radius 1 is 0.851 bits per heavy atom. The molecule has 8 nitrogen and oxygen atoms in total. The average molecular weight is 642 g/mol. The van der Waals surface area contributed by atoms with Crippen LogP contribution in [0.25, 0.3) is 10.8 Å². The number of para-hydroxylation sites is 1. The molecule has 0 bridgehead atoms. The average Bonchev–Trinajstić information content (AvgIpc) is 3.08. The second-order valence-electron chi connectivity index (χ2n) is 12.8. The van der Waals surface area contributed by atoms with Gasteiger partial charge in [-0.25, -0.2) is 4.79 Å². The number of nitrogens with zero attached hydrogens (tertiary/aromatic N) is 1. The topological polar surface area (TPSA) is 75.7 Å². The molecule has 0 saturated carbocycles. The number of amides is 1. The number of carbonyl (C=O) groups is 1. The second-order valence-corrected chi connectivity index (χ2v) is 12.8. The van der Waals surface area contributed by atoms with Gasteiger partial charge in [0.1, 0.15) is 22.8 Å². The zero-order valence-corrected chi connectivity index (χ0v) is 28.2. The summed E-state index contributed by atoms with van der Waals surface area (Å²) >= 11 is 0. The summed E-state index contributed by atoms with van der Waals surface area (Å²) in [7, 11) is 3.36. The first-order valence-electron chi connectivity index (χ1n) is 16.3. The maximum atomic E-state index is 13.0. The van der Waals surface area contributed by atoms with E-state index in [1.54, 1.807) is 19.1 Å². The van der Waals surface area contributed by atoms with Crippen LogP contribution >= 0.6 is 0 Å². The van der Waals surface area contributed by atoms with Crippen LogP contribution in [0.4, 0.5) is 4.79 Å². The lowest BCUT2D eigenvalue weighted by Crippen LogP contribution is -2.48. The normalized spacial score (nSPS) is 16.6. The fourth-order valence-corrected chi connectivity index (χ4v) is 5.92. The fourth-order valence-electron chi connectivity index (χ4n) is 5.92. The predicted molar refractivity (Wildman–Crippen MR) is 183 cm³/mol. The van der Waals surface area contributed by atoms with Gasteiger partial charge in [-0.2, -0.15) is 0 Å². The third-order valence-corrected chi connectivity index (χ3v) is 8.24. The maximum Gasteiger partial charge on any atom is 0.410 e. The van der Waals surface area contributed by atoms with Crippen LogP contribution in [0.5, 0.6) is 17.2 Å². The molecule has 1 fully saturated rings. The molecule has 47 heavy (non-hydrogen) atoms. The van der Waals surface area contributed by atoms with Gasteiger partial charge in [0.15, 0.2) is 0 Å². The van der Waals surface area contributed by atoms with E-state index >= 15 is 0 Å². The zero-order chi connectivity index (χ0) is 33.2. The molecule has 250 valence electrons. The highest BCUT2D eigenvalue weighted by Crippen LogP contribution is 2.34. The van der Waals surface area contributed by atoms with Crippen molar-refractivity contribution in [1.29, 1.82) is 0 Å². The molecule has 1 heterocycles. The lowest BCUT2D eigenvalue weighted by atomic mass is 9.87. The van der Waals surface area contributed by atoms with E-state index in [2.05, 4.69) is 30.3 Å². The quantitative estimate of drug-likeness (QED) is 0.136. The Bertz CT molecular complexity index is 1600. The fraction of sp³-hybridized carbons (Fsp3) is 0.410. The van der Waals surface area contributed by atoms with Gasteiger partial charge in [-0.3, -0.25) is 0 Å². The van der Waals surface area contributed by atoms with Gasteiger partial charge in [0, 0.05) is 29.8 Å². The summed E-state index contributed by atoms with van der Waals surface area (Å²) in [6, 6.07) is 28.4. The van der Waals surface area contributed by atoms with Crippen LogP contribution in [0, 0.1) is 0 Å². The van der Waals surface area contributed by atoms with Crippen molar-refractivity contribution in [1.82, 2.24) is 4.90 Å². The van der Waals surface area contributed by atoms with E-state index in [4.69, 9.17) is 28.4 Å². The van der Waals surface area contributed by atoms with Crippen LogP contribution in [-0.4, -0.2) is 63.2 Å². The Morgan fingerprint density at radius 3 is 2.36 bits per heavy atom. The Balaban J connectivity index is 1.20. The molecule has 5 rings (SSSR count). The Kier molecular flexibility index (Phi) is 11.6. The van der Waals surface area contributed by atoms with Gasteiger partial charge < -0.3 is 33.3 Å². The Labute approximate surface area is 278 Å². The van der Waals surface area contributed by atoms with Crippen LogP contribution in [0.15, 0.2) is 84.9 Å². The number of fused-ring (bicyclic) bond motifs is 1. The van der Waals surface area contributed by atoms with E-state index in [1.807, 2.05) is 75.4 Å². The minimum Gasteiger partial charge on any atom is -0.496 e. The largest absolute Gasteiger partial charge is 0.496 e. The molecule has 1 amide bonds. The summed E-state index contributed by atoms with van der Waals surface area (Å²) in [6.45, 7) is 8.74. The molecule has 1 aliphatic rings. The maximum absolute atomic E-state index is 13.0. The molecular weight excluding hydrogens is 594 g/mol. The molecule has 4 aromatic rings. The van der Waals surface area contributed by atoms with Gasteiger partial charge in [-0.15, -0.1) is 0 Å². The first-order chi connectivity index (χ1) is 22.7. The Morgan fingerprint density at radius 2 is 1.60 bits per heavy atom. The summed E-state index contributed by atoms with van der Waals surface area (Å²) in [5.41, 5.74) is 2.64. The Hall–Kier alpha value is -4.27. The van der Waals surface area contributed by atoms with Crippen molar-refractivity contribution in [2.75, 3.05) is 40.5 Å². The van der Waals surface area contributed by atoms with Gasteiger partial charge in [0.2, 0.25) is 0 Å². The number of rotatable bonds is 13. The van der Waals surface area contributed by atoms with Crippen molar-refractivity contribution >= 4 is 16.9 Å². The van der Waals surface area contributed by atoms with Gasteiger partial charge in [-0.05, 0) is 74.0 Å². The molecular formula is C39H47NO7. The number of carbonyl (C=O) groups excluding carboxylic acids is 1. The third kappa shape index (κ3) is 9.40. The summed E-state index contributed by atoms with van der Waals surface area (Å²) in [4.78, 5) is 14.8. The molecule has 4 aromatic carbocycles. The van der Waals surface area contributed by atoms with E-state index in [9.17, 15) is 4.79 Å². The highest BCUT2D eigenvalue weighted by Gasteiger charge is 2.35. The predicted octanol–water partition coefficient (Wildman–Crippen LogP) is 8.15. The first-order valence-corrected chi connectivity index (χ1v) is 16.3. The number of hydrogen-bond acceptors (Lipinski definition) is 7. The lowest BCUT2D eigenvalue weighted by molar-refractivity contribution is -0.0359. The third-order valence-electron chi connectivity index (χ3n) is 8.24. The number of likely N-dealkylation sites (tertiary alicyclic amines) is 1. The molecule has 0 radical (unpaired) electrons. The van der Waals surface area contributed by atoms with Crippen LogP contribution in [0.2, 0.25) is 0 Å². The summed E-state index contributed by atoms with van der Waals surface area (Å²) < 4.78 is 35.2. The number of methoxy groups -OCH3 is 2. The van der Waals surface area contributed by atoms with Crippen LogP contribution in [-0.2, 0) is 27.4 Å². The van der Waals surface area contributed by atoms with Crippen LogP contribution in [0.3, 0.4) is 0 Å². The number of benzene rings is 4. The molecule has 2 unspecified atom stereocenters. The first kappa shape index (κ1) is 34.1. The molecule has 0 spiro atoms. The van der Waals surface area contributed by atoms with Crippen molar-refractivity contribution in [3.05, 3.63) is 102 Å². The monoisotopic (exact) mass is 641 g/mol. The van der Waals surface area contributed by atoms with E-state index in [0.717, 1.165) is 57.6 Å². The standard InChI is InChI=1S/C39H47NO7/c1-39(2,3)47-38(41)40-20-19-34(37(25-40)46-26-28-23-30-11-6-8-13-33(30)36(24-28)43-5)29-15-17-32(18-16-29)45-22-10-21-44-27-31-12-7-9-14-35(31)42-4/h6-9,11-18,23-24,34,37H,10,19-22,25-27H2,1-5H3. The molecule has 0 aliphatic carbocycles. The zero-order valence-electron chi connectivity index (χ0n) is 28.2. The van der Waals surface area contributed by atoms with Crippen molar-refractivity contribution in [2.24, 2.45) is 0 Å².